The van der Waals surface area contributed by atoms with Crippen molar-refractivity contribution in [1.82, 2.24) is 4.98 Å². The molecule has 0 aliphatic rings. The van der Waals surface area contributed by atoms with Crippen LogP contribution in [0.2, 0.25) is 0 Å². The van der Waals surface area contributed by atoms with E-state index >= 15 is 0 Å². The largest absolute Gasteiger partial charge is 0.493 e. The maximum atomic E-state index is 11.7. The molecule has 0 unspecified atom stereocenters. The number of rotatable bonds is 3. The van der Waals surface area contributed by atoms with Crippen LogP contribution in [0.5, 0.6) is 5.88 Å². The molecular formula is C16H15NO3. The van der Waals surface area contributed by atoms with Crippen LogP contribution in [0.1, 0.15) is 36.8 Å². The van der Waals surface area contributed by atoms with Crippen LogP contribution in [0.25, 0.3) is 0 Å². The normalized spacial score (nSPS) is 9.85. The molecule has 0 spiro atoms. The van der Waals surface area contributed by atoms with Crippen LogP contribution in [-0.2, 0) is 6.42 Å². The van der Waals surface area contributed by atoms with E-state index in [1.54, 1.807) is 0 Å². The van der Waals surface area contributed by atoms with E-state index in [1.807, 2.05) is 37.3 Å². The molecule has 0 atom stereocenters. The Bertz CT molecular complexity index is 693. The molecule has 1 heterocycles. The van der Waals surface area contributed by atoms with E-state index in [-0.39, 0.29) is 17.3 Å². The minimum Gasteiger partial charge on any atom is -0.493 e. The number of hydrogen-bond acceptors (Lipinski definition) is 4. The lowest BCUT2D eigenvalue weighted by atomic mass is 10.1. The number of unbranched alkanes of at least 4 members (excludes halogenated alkanes) is 1. The molecule has 0 amide bonds. The molecule has 20 heavy (non-hydrogen) atoms. The Morgan fingerprint density at radius 3 is 2.65 bits per heavy atom. The molecule has 1 aromatic carbocycles. The van der Waals surface area contributed by atoms with Crippen LogP contribution in [0.3, 0.4) is 0 Å². The van der Waals surface area contributed by atoms with Crippen LogP contribution in [0.15, 0.2) is 39.5 Å². The van der Waals surface area contributed by atoms with E-state index in [1.165, 1.54) is 0 Å². The number of hydrogen-bond donors (Lipinski definition) is 1. The number of aromatic nitrogens is 1. The van der Waals surface area contributed by atoms with Crippen LogP contribution >= 0.6 is 0 Å². The van der Waals surface area contributed by atoms with Crippen LogP contribution in [0, 0.1) is 11.8 Å². The molecule has 1 aromatic heterocycles. The van der Waals surface area contributed by atoms with Crippen LogP contribution in [0.4, 0.5) is 0 Å². The predicted octanol–water partition coefficient (Wildman–Crippen LogP) is 2.48. The Morgan fingerprint density at radius 2 is 2.00 bits per heavy atom. The van der Waals surface area contributed by atoms with Crippen LogP contribution in [-0.4, -0.2) is 10.1 Å². The maximum Gasteiger partial charge on any atom is 0.346 e. The highest BCUT2D eigenvalue weighted by Crippen LogP contribution is 2.12. The van der Waals surface area contributed by atoms with Crippen molar-refractivity contribution < 1.29 is 9.52 Å². The molecule has 0 fully saturated rings. The first kappa shape index (κ1) is 13.9. The van der Waals surface area contributed by atoms with Crippen molar-refractivity contribution in [2.24, 2.45) is 0 Å². The summed E-state index contributed by atoms with van der Waals surface area (Å²) in [6.45, 7) is 2.01. The fourth-order valence-corrected chi connectivity index (χ4v) is 1.70. The summed E-state index contributed by atoms with van der Waals surface area (Å²) in [7, 11) is 0. The van der Waals surface area contributed by atoms with Gasteiger partial charge in [-0.15, -0.1) is 0 Å². The third-order valence-electron chi connectivity index (χ3n) is 2.78. The summed E-state index contributed by atoms with van der Waals surface area (Å²) in [6.07, 6.45) is 2.19. The Balaban J connectivity index is 2.27. The first-order chi connectivity index (χ1) is 9.70. The summed E-state index contributed by atoms with van der Waals surface area (Å²) in [5, 5.41) is 9.76. The molecular weight excluding hydrogens is 254 g/mol. The third-order valence-corrected chi connectivity index (χ3v) is 2.78. The average molecular weight is 269 g/mol. The second-order valence-corrected chi connectivity index (χ2v) is 4.33. The van der Waals surface area contributed by atoms with Gasteiger partial charge in [-0.25, -0.2) is 4.79 Å². The van der Waals surface area contributed by atoms with E-state index in [0.717, 1.165) is 18.4 Å². The second-order valence-electron chi connectivity index (χ2n) is 4.33. The van der Waals surface area contributed by atoms with Gasteiger partial charge in [0.15, 0.2) is 0 Å². The summed E-state index contributed by atoms with van der Waals surface area (Å²) in [5.41, 5.74) is 0.437. The van der Waals surface area contributed by atoms with E-state index in [2.05, 4.69) is 16.8 Å². The fourth-order valence-electron chi connectivity index (χ4n) is 1.70. The van der Waals surface area contributed by atoms with Gasteiger partial charge in [0.25, 0.3) is 5.89 Å². The third kappa shape index (κ3) is 3.48. The summed E-state index contributed by atoms with van der Waals surface area (Å²) in [5.74, 6) is 5.10. The highest BCUT2D eigenvalue weighted by Gasteiger charge is 2.11. The van der Waals surface area contributed by atoms with Gasteiger partial charge in [0.1, 0.15) is 0 Å². The SMILES string of the molecule is CCCCc1c(O)nc(C#Cc2ccccc2)oc1=O. The zero-order chi connectivity index (χ0) is 14.4. The number of aromatic hydroxyl groups is 1. The molecule has 4 nitrogen and oxygen atoms in total. The predicted molar refractivity (Wildman–Crippen MR) is 75.5 cm³/mol. The molecule has 102 valence electrons. The summed E-state index contributed by atoms with van der Waals surface area (Å²) in [4.78, 5) is 15.6. The van der Waals surface area contributed by atoms with Crippen molar-refractivity contribution in [3.8, 4) is 17.7 Å². The van der Waals surface area contributed by atoms with Gasteiger partial charge >= 0.3 is 5.63 Å². The molecule has 0 bridgehead atoms. The lowest BCUT2D eigenvalue weighted by Crippen LogP contribution is -2.10. The lowest BCUT2D eigenvalue weighted by molar-refractivity contribution is 0.395. The van der Waals surface area contributed by atoms with Gasteiger partial charge in [0.2, 0.25) is 5.88 Å². The average Bonchev–Trinajstić information content (AvgIpc) is 2.45. The molecule has 4 heteroatoms. The van der Waals surface area contributed by atoms with E-state index < -0.39 is 5.63 Å². The first-order valence-electron chi connectivity index (χ1n) is 6.50. The van der Waals surface area contributed by atoms with Crippen molar-refractivity contribution in [1.29, 1.82) is 0 Å². The topological polar surface area (TPSA) is 63.3 Å². The molecule has 0 aliphatic heterocycles. The van der Waals surface area contributed by atoms with E-state index in [9.17, 15) is 9.90 Å². The lowest BCUT2D eigenvalue weighted by Gasteiger charge is -2.00. The van der Waals surface area contributed by atoms with Gasteiger partial charge in [-0.3, -0.25) is 0 Å². The number of nitrogens with zero attached hydrogens (tertiary/aromatic N) is 1. The Kier molecular flexibility index (Phi) is 4.56. The van der Waals surface area contributed by atoms with Crippen LogP contribution < -0.4 is 5.63 Å². The quantitative estimate of drug-likeness (QED) is 0.869. The number of benzene rings is 1. The zero-order valence-electron chi connectivity index (χ0n) is 11.2. The maximum absolute atomic E-state index is 11.7. The van der Waals surface area contributed by atoms with Gasteiger partial charge in [-0.05, 0) is 30.9 Å². The van der Waals surface area contributed by atoms with Crippen molar-refractivity contribution in [2.75, 3.05) is 0 Å². The minimum atomic E-state index is -0.566. The Hall–Kier alpha value is -2.54. The molecule has 0 aliphatic carbocycles. The van der Waals surface area contributed by atoms with Gasteiger partial charge in [-0.2, -0.15) is 4.98 Å². The van der Waals surface area contributed by atoms with Crippen molar-refractivity contribution in [3.63, 3.8) is 0 Å². The summed E-state index contributed by atoms with van der Waals surface area (Å²) >= 11 is 0. The smallest absolute Gasteiger partial charge is 0.346 e. The molecule has 0 saturated carbocycles. The molecule has 0 saturated heterocycles. The molecule has 2 rings (SSSR count). The Labute approximate surface area is 117 Å². The highest BCUT2D eigenvalue weighted by molar-refractivity contribution is 5.37. The van der Waals surface area contributed by atoms with Gasteiger partial charge in [0, 0.05) is 5.56 Å². The fraction of sp³-hybridized carbons (Fsp3) is 0.250. The van der Waals surface area contributed by atoms with E-state index in [0.29, 0.717) is 6.42 Å². The minimum absolute atomic E-state index is 0.0726. The van der Waals surface area contributed by atoms with Crippen molar-refractivity contribution >= 4 is 0 Å². The van der Waals surface area contributed by atoms with Gasteiger partial charge < -0.3 is 9.52 Å². The van der Waals surface area contributed by atoms with Gasteiger partial charge in [-0.1, -0.05) is 37.5 Å². The monoisotopic (exact) mass is 269 g/mol. The Morgan fingerprint density at radius 1 is 1.25 bits per heavy atom. The molecule has 2 aromatic rings. The first-order valence-corrected chi connectivity index (χ1v) is 6.50. The standard InChI is InChI=1S/C16H15NO3/c1-2-3-9-13-15(18)17-14(20-16(13)19)11-10-12-7-5-4-6-8-12/h4-8,18H,2-3,9H2,1H3. The molecule has 1 N–H and O–H groups in total. The zero-order valence-corrected chi connectivity index (χ0v) is 11.2. The van der Waals surface area contributed by atoms with E-state index in [4.69, 9.17) is 4.42 Å². The highest BCUT2D eigenvalue weighted by atomic mass is 16.4. The van der Waals surface area contributed by atoms with Gasteiger partial charge in [0.05, 0.1) is 5.56 Å². The van der Waals surface area contributed by atoms with Crippen molar-refractivity contribution in [2.45, 2.75) is 26.2 Å². The van der Waals surface area contributed by atoms with Crippen molar-refractivity contribution in [3.05, 3.63) is 57.8 Å². The molecule has 0 radical (unpaired) electrons. The summed E-state index contributed by atoms with van der Waals surface area (Å²) < 4.78 is 5.01. The summed E-state index contributed by atoms with van der Waals surface area (Å²) in [6, 6.07) is 9.27. The second kappa shape index (κ2) is 6.58.